The lowest BCUT2D eigenvalue weighted by Crippen LogP contribution is -2.35. The molecule has 0 saturated carbocycles. The van der Waals surface area contributed by atoms with Gasteiger partial charge in [-0.3, -0.25) is 13.9 Å². The van der Waals surface area contributed by atoms with Crippen molar-refractivity contribution in [3.63, 3.8) is 0 Å². The van der Waals surface area contributed by atoms with E-state index in [2.05, 4.69) is 4.98 Å². The number of piperidine rings is 1. The fourth-order valence-electron chi connectivity index (χ4n) is 6.05. The molecule has 3 aromatic carbocycles. The van der Waals surface area contributed by atoms with Gasteiger partial charge in [-0.2, -0.15) is 4.98 Å². The molecule has 0 amide bonds. The van der Waals surface area contributed by atoms with Crippen LogP contribution in [0.5, 0.6) is 11.8 Å². The van der Waals surface area contributed by atoms with E-state index in [1.807, 2.05) is 86.3 Å². The Morgan fingerprint density at radius 3 is 2.10 bits per heavy atom. The number of carbonyl (C=O) groups excluding carboxylic acids is 1. The molecule has 1 fully saturated rings. The van der Waals surface area contributed by atoms with Crippen molar-refractivity contribution < 1.29 is 23.4 Å². The standard InChI is InChI=1S/C38H41FN4O5/c1-38(2,3)48-35(44)21-26-17-19-42(20-18-26)31-23-32-33(22-29(31)39)43(37(45)41(32)4)30-15-16-34(46-24-27-11-7-5-8-12-27)40-36(30)47-25-28-13-9-6-10-14-28/h5-16,22-23,26H,17-21,24-25H2,1-4H3. The molecule has 10 heteroatoms. The number of hydrogen-bond acceptors (Lipinski definition) is 7. The Balaban J connectivity index is 1.28. The summed E-state index contributed by atoms with van der Waals surface area (Å²) in [4.78, 5) is 32.8. The van der Waals surface area contributed by atoms with Gasteiger partial charge in [0.1, 0.15) is 30.3 Å². The molecule has 0 unspecified atom stereocenters. The van der Waals surface area contributed by atoms with Gasteiger partial charge in [0.25, 0.3) is 0 Å². The Morgan fingerprint density at radius 1 is 0.854 bits per heavy atom. The number of hydrogen-bond donors (Lipinski definition) is 0. The summed E-state index contributed by atoms with van der Waals surface area (Å²) in [6, 6.07) is 25.9. The molecular weight excluding hydrogens is 611 g/mol. The third-order valence-corrected chi connectivity index (χ3v) is 8.46. The van der Waals surface area contributed by atoms with Crippen LogP contribution in [-0.4, -0.2) is 38.8 Å². The van der Waals surface area contributed by atoms with Gasteiger partial charge in [0.2, 0.25) is 11.8 Å². The Kier molecular flexibility index (Phi) is 9.52. The topological polar surface area (TPSA) is 87.8 Å². The van der Waals surface area contributed by atoms with Gasteiger partial charge in [0, 0.05) is 38.7 Å². The number of benzene rings is 3. The number of carbonyl (C=O) groups is 1. The molecule has 3 heterocycles. The van der Waals surface area contributed by atoms with Gasteiger partial charge in [-0.1, -0.05) is 60.7 Å². The van der Waals surface area contributed by atoms with Gasteiger partial charge < -0.3 is 19.1 Å². The van der Waals surface area contributed by atoms with Crippen LogP contribution in [0.3, 0.4) is 0 Å². The first-order chi connectivity index (χ1) is 23.1. The van der Waals surface area contributed by atoms with Crippen LogP contribution in [0.1, 0.15) is 51.2 Å². The number of anilines is 1. The van der Waals surface area contributed by atoms with E-state index >= 15 is 4.39 Å². The predicted molar refractivity (Wildman–Crippen MR) is 183 cm³/mol. The van der Waals surface area contributed by atoms with Gasteiger partial charge in [0.15, 0.2) is 0 Å². The minimum Gasteiger partial charge on any atom is -0.473 e. The lowest BCUT2D eigenvalue weighted by molar-refractivity contribution is -0.156. The summed E-state index contributed by atoms with van der Waals surface area (Å²) in [5.41, 5.74) is 2.81. The Labute approximate surface area is 279 Å². The smallest absolute Gasteiger partial charge is 0.333 e. The average Bonchev–Trinajstić information content (AvgIpc) is 3.30. The van der Waals surface area contributed by atoms with Crippen LogP contribution in [0, 0.1) is 11.7 Å². The number of fused-ring (bicyclic) bond motifs is 1. The summed E-state index contributed by atoms with van der Waals surface area (Å²) in [6.07, 6.45) is 1.83. The average molecular weight is 653 g/mol. The van der Waals surface area contributed by atoms with E-state index in [4.69, 9.17) is 14.2 Å². The van der Waals surface area contributed by atoms with Crippen LogP contribution >= 0.6 is 0 Å². The molecule has 0 radical (unpaired) electrons. The summed E-state index contributed by atoms with van der Waals surface area (Å²) < 4.78 is 36.5. The highest BCUT2D eigenvalue weighted by Crippen LogP contribution is 2.33. The first-order valence-electron chi connectivity index (χ1n) is 16.3. The summed E-state index contributed by atoms with van der Waals surface area (Å²) in [5.74, 6) is 0.0603. The highest BCUT2D eigenvalue weighted by Gasteiger charge is 2.27. The number of aryl methyl sites for hydroxylation is 1. The highest BCUT2D eigenvalue weighted by molar-refractivity contribution is 5.83. The number of halogens is 1. The molecule has 1 saturated heterocycles. The van der Waals surface area contributed by atoms with Crippen LogP contribution in [0.2, 0.25) is 0 Å². The summed E-state index contributed by atoms with van der Waals surface area (Å²) in [5, 5.41) is 0. The second-order valence-corrected chi connectivity index (χ2v) is 13.2. The van der Waals surface area contributed by atoms with Crippen molar-refractivity contribution in [1.29, 1.82) is 0 Å². The van der Waals surface area contributed by atoms with Crippen LogP contribution in [0.25, 0.3) is 16.7 Å². The van der Waals surface area contributed by atoms with Crippen LogP contribution in [0.4, 0.5) is 10.1 Å². The van der Waals surface area contributed by atoms with Crippen molar-refractivity contribution >= 4 is 22.7 Å². The van der Waals surface area contributed by atoms with E-state index in [1.54, 1.807) is 25.2 Å². The maximum absolute atomic E-state index is 15.9. The molecule has 0 spiro atoms. The Bertz CT molecular complexity index is 1940. The second kappa shape index (κ2) is 13.9. The van der Waals surface area contributed by atoms with E-state index in [9.17, 15) is 9.59 Å². The van der Waals surface area contributed by atoms with Gasteiger partial charge in [-0.25, -0.2) is 9.18 Å². The first kappa shape index (κ1) is 32.8. The maximum atomic E-state index is 15.9. The monoisotopic (exact) mass is 652 g/mol. The van der Waals surface area contributed by atoms with E-state index in [1.165, 1.54) is 15.2 Å². The molecule has 6 rings (SSSR count). The summed E-state index contributed by atoms with van der Waals surface area (Å²) in [6.45, 7) is 7.29. The molecule has 48 heavy (non-hydrogen) atoms. The lowest BCUT2D eigenvalue weighted by atomic mass is 9.93. The Morgan fingerprint density at radius 2 is 1.48 bits per heavy atom. The molecule has 0 aliphatic carbocycles. The van der Waals surface area contributed by atoms with Crippen molar-refractivity contribution in [3.8, 4) is 17.4 Å². The molecule has 1 aliphatic heterocycles. The van der Waals surface area contributed by atoms with E-state index < -0.39 is 11.4 Å². The number of pyridine rings is 1. The second-order valence-electron chi connectivity index (χ2n) is 13.2. The number of rotatable bonds is 10. The van der Waals surface area contributed by atoms with Gasteiger partial charge in [0.05, 0.1) is 16.7 Å². The highest BCUT2D eigenvalue weighted by atomic mass is 19.1. The summed E-state index contributed by atoms with van der Waals surface area (Å²) >= 11 is 0. The van der Waals surface area contributed by atoms with Crippen LogP contribution in [-0.2, 0) is 29.8 Å². The molecular formula is C38H41FN4O5. The lowest BCUT2D eigenvalue weighted by Gasteiger charge is -2.34. The van der Waals surface area contributed by atoms with Crippen LogP contribution in [0.15, 0.2) is 89.7 Å². The van der Waals surface area contributed by atoms with Crippen molar-refractivity contribution in [2.24, 2.45) is 13.0 Å². The fraction of sp³-hybridized carbons (Fsp3) is 0.342. The molecule has 2 aromatic heterocycles. The minimum absolute atomic E-state index is 0.176. The van der Waals surface area contributed by atoms with Crippen molar-refractivity contribution in [2.45, 2.75) is 58.8 Å². The SMILES string of the molecule is Cn1c(=O)n(-c2ccc(OCc3ccccc3)nc2OCc2ccccc2)c2cc(F)c(N3CCC(CC(=O)OC(C)(C)C)CC3)cc21. The van der Waals surface area contributed by atoms with Crippen molar-refractivity contribution in [1.82, 2.24) is 14.1 Å². The number of aromatic nitrogens is 3. The third kappa shape index (κ3) is 7.54. The number of esters is 1. The van der Waals surface area contributed by atoms with E-state index in [0.717, 1.165) is 24.0 Å². The molecule has 250 valence electrons. The molecule has 0 N–H and O–H groups in total. The van der Waals surface area contributed by atoms with Crippen molar-refractivity contribution in [2.75, 3.05) is 18.0 Å². The quantitative estimate of drug-likeness (QED) is 0.151. The molecule has 9 nitrogen and oxygen atoms in total. The maximum Gasteiger partial charge on any atom is 0.333 e. The van der Waals surface area contributed by atoms with Gasteiger partial charge >= 0.3 is 11.7 Å². The predicted octanol–water partition coefficient (Wildman–Crippen LogP) is 6.97. The van der Waals surface area contributed by atoms with Crippen LogP contribution < -0.4 is 20.1 Å². The molecule has 0 atom stereocenters. The molecule has 1 aliphatic rings. The molecule has 5 aromatic rings. The minimum atomic E-state index is -0.522. The zero-order valence-electron chi connectivity index (χ0n) is 27.8. The first-order valence-corrected chi connectivity index (χ1v) is 16.3. The largest absolute Gasteiger partial charge is 0.473 e. The number of nitrogens with zero attached hydrogens (tertiary/aromatic N) is 4. The van der Waals surface area contributed by atoms with Crippen molar-refractivity contribution in [3.05, 3.63) is 112 Å². The number of imidazole rings is 1. The van der Waals surface area contributed by atoms with Gasteiger partial charge in [-0.15, -0.1) is 0 Å². The van der Waals surface area contributed by atoms with E-state index in [0.29, 0.717) is 54.4 Å². The zero-order valence-corrected chi connectivity index (χ0v) is 27.8. The number of ether oxygens (including phenoxy) is 3. The fourth-order valence-corrected chi connectivity index (χ4v) is 6.05. The van der Waals surface area contributed by atoms with Gasteiger partial charge in [-0.05, 0) is 62.8 Å². The normalized spacial score (nSPS) is 13.9. The van der Waals surface area contributed by atoms with E-state index in [-0.39, 0.29) is 30.1 Å². The zero-order chi connectivity index (χ0) is 33.8. The third-order valence-electron chi connectivity index (χ3n) is 8.46. The summed E-state index contributed by atoms with van der Waals surface area (Å²) in [7, 11) is 1.67. The molecule has 0 bridgehead atoms. The Hall–Kier alpha value is -5.12.